The molecule has 0 unspecified atom stereocenters. The molecule has 1 N–H and O–H groups in total. The molecule has 0 bridgehead atoms. The SMILES string of the molecule is Cc1[nH]nc(CCc2nc(C3CC3)no2)c1C. The fourth-order valence-electron chi connectivity index (χ4n) is 1.88. The van der Waals surface area contributed by atoms with Gasteiger partial charge in [-0.05, 0) is 32.3 Å². The lowest BCUT2D eigenvalue weighted by atomic mass is 10.1. The Kier molecular flexibility index (Phi) is 2.46. The Hall–Kier alpha value is -1.65. The maximum absolute atomic E-state index is 5.24. The molecule has 0 spiro atoms. The van der Waals surface area contributed by atoms with Gasteiger partial charge in [-0.15, -0.1) is 0 Å². The predicted octanol–water partition coefficient (Wildman–Crippen LogP) is 2.07. The Morgan fingerprint density at radius 3 is 2.76 bits per heavy atom. The summed E-state index contributed by atoms with van der Waals surface area (Å²) >= 11 is 0. The number of nitrogens with one attached hydrogen (secondary N) is 1. The molecular weight excluding hydrogens is 216 g/mol. The van der Waals surface area contributed by atoms with E-state index in [4.69, 9.17) is 4.52 Å². The second-order valence-corrected chi connectivity index (χ2v) is 4.74. The van der Waals surface area contributed by atoms with E-state index in [-0.39, 0.29) is 0 Å². The van der Waals surface area contributed by atoms with Crippen LogP contribution in [0.5, 0.6) is 0 Å². The van der Waals surface area contributed by atoms with Crippen LogP contribution < -0.4 is 0 Å². The van der Waals surface area contributed by atoms with Gasteiger partial charge in [0.25, 0.3) is 0 Å². The van der Waals surface area contributed by atoms with Gasteiger partial charge in [-0.2, -0.15) is 10.1 Å². The van der Waals surface area contributed by atoms with Crippen molar-refractivity contribution >= 4 is 0 Å². The van der Waals surface area contributed by atoms with E-state index >= 15 is 0 Å². The van der Waals surface area contributed by atoms with E-state index in [1.807, 2.05) is 6.92 Å². The first-order valence-corrected chi connectivity index (χ1v) is 6.07. The second-order valence-electron chi connectivity index (χ2n) is 4.74. The van der Waals surface area contributed by atoms with Crippen LogP contribution in [0.15, 0.2) is 4.52 Å². The monoisotopic (exact) mass is 232 g/mol. The van der Waals surface area contributed by atoms with E-state index in [0.29, 0.717) is 5.92 Å². The van der Waals surface area contributed by atoms with Gasteiger partial charge in [-0.25, -0.2) is 0 Å². The van der Waals surface area contributed by atoms with Gasteiger partial charge in [0.05, 0.1) is 5.69 Å². The van der Waals surface area contributed by atoms with Crippen LogP contribution in [0.25, 0.3) is 0 Å². The lowest BCUT2D eigenvalue weighted by Gasteiger charge is -1.94. The molecule has 0 aromatic carbocycles. The highest BCUT2D eigenvalue weighted by molar-refractivity contribution is 5.22. The second kappa shape index (κ2) is 3.98. The van der Waals surface area contributed by atoms with Crippen molar-refractivity contribution in [3.63, 3.8) is 0 Å². The number of hydrogen-bond acceptors (Lipinski definition) is 4. The molecule has 0 saturated heterocycles. The molecule has 90 valence electrons. The summed E-state index contributed by atoms with van der Waals surface area (Å²) in [5, 5.41) is 11.3. The number of aromatic nitrogens is 4. The summed E-state index contributed by atoms with van der Waals surface area (Å²) in [6.45, 7) is 4.11. The fourth-order valence-corrected chi connectivity index (χ4v) is 1.88. The van der Waals surface area contributed by atoms with Crippen LogP contribution in [0.2, 0.25) is 0 Å². The third kappa shape index (κ3) is 2.09. The van der Waals surface area contributed by atoms with Crippen molar-refractivity contribution in [2.75, 3.05) is 0 Å². The van der Waals surface area contributed by atoms with Crippen LogP contribution in [0.1, 0.15) is 47.4 Å². The Morgan fingerprint density at radius 1 is 1.29 bits per heavy atom. The Morgan fingerprint density at radius 2 is 2.12 bits per heavy atom. The maximum Gasteiger partial charge on any atom is 0.227 e. The lowest BCUT2D eigenvalue weighted by Crippen LogP contribution is -1.94. The van der Waals surface area contributed by atoms with E-state index in [2.05, 4.69) is 27.3 Å². The topological polar surface area (TPSA) is 67.6 Å². The van der Waals surface area contributed by atoms with E-state index < -0.39 is 0 Å². The summed E-state index contributed by atoms with van der Waals surface area (Å²) in [6, 6.07) is 0. The first-order valence-electron chi connectivity index (χ1n) is 6.07. The molecule has 3 rings (SSSR count). The summed E-state index contributed by atoms with van der Waals surface area (Å²) in [5.41, 5.74) is 3.45. The Labute approximate surface area is 99.6 Å². The molecule has 0 amide bonds. The molecule has 0 radical (unpaired) electrons. The molecule has 17 heavy (non-hydrogen) atoms. The minimum atomic E-state index is 0.557. The standard InChI is InChI=1S/C12H16N4O/c1-7-8(2)14-15-10(7)5-6-11-13-12(16-17-11)9-3-4-9/h9H,3-6H2,1-2H3,(H,14,15). The van der Waals surface area contributed by atoms with Crippen LogP contribution in [0.3, 0.4) is 0 Å². The van der Waals surface area contributed by atoms with Crippen molar-refractivity contribution < 1.29 is 4.52 Å². The molecule has 5 heteroatoms. The number of aryl methyl sites for hydroxylation is 3. The van der Waals surface area contributed by atoms with E-state index in [1.165, 1.54) is 18.4 Å². The number of rotatable bonds is 4. The van der Waals surface area contributed by atoms with Gasteiger partial charge in [0, 0.05) is 24.5 Å². The quantitative estimate of drug-likeness (QED) is 0.876. The molecule has 1 aliphatic carbocycles. The maximum atomic E-state index is 5.24. The summed E-state index contributed by atoms with van der Waals surface area (Å²) in [5.74, 6) is 2.17. The number of hydrogen-bond donors (Lipinski definition) is 1. The zero-order valence-electron chi connectivity index (χ0n) is 10.2. The Balaban J connectivity index is 1.64. The first-order chi connectivity index (χ1) is 8.24. The van der Waals surface area contributed by atoms with Crippen molar-refractivity contribution in [2.45, 2.75) is 45.4 Å². The van der Waals surface area contributed by atoms with Gasteiger partial charge in [0.2, 0.25) is 5.89 Å². The summed E-state index contributed by atoms with van der Waals surface area (Å²) < 4.78 is 5.24. The highest BCUT2D eigenvalue weighted by atomic mass is 16.5. The normalized spacial score (nSPS) is 15.4. The van der Waals surface area contributed by atoms with Crippen LogP contribution >= 0.6 is 0 Å². The van der Waals surface area contributed by atoms with Crippen molar-refractivity contribution in [2.24, 2.45) is 0 Å². The van der Waals surface area contributed by atoms with Crippen molar-refractivity contribution in [1.29, 1.82) is 0 Å². The number of aromatic amines is 1. The average molecular weight is 232 g/mol. The molecule has 1 aliphatic rings. The zero-order valence-corrected chi connectivity index (χ0v) is 10.2. The molecule has 1 saturated carbocycles. The van der Waals surface area contributed by atoms with Gasteiger partial charge < -0.3 is 4.52 Å². The fraction of sp³-hybridized carbons (Fsp3) is 0.583. The lowest BCUT2D eigenvalue weighted by molar-refractivity contribution is 0.372. The molecule has 0 atom stereocenters. The molecular formula is C12H16N4O. The number of H-pyrrole nitrogens is 1. The van der Waals surface area contributed by atoms with Crippen LogP contribution in [0.4, 0.5) is 0 Å². The molecule has 1 fully saturated rings. The Bertz CT molecular complexity index is 524. The third-order valence-corrected chi connectivity index (χ3v) is 3.36. The van der Waals surface area contributed by atoms with E-state index in [9.17, 15) is 0 Å². The highest BCUT2D eigenvalue weighted by Crippen LogP contribution is 2.38. The van der Waals surface area contributed by atoms with Gasteiger partial charge in [0.1, 0.15) is 0 Å². The average Bonchev–Trinajstić information content (AvgIpc) is 3.00. The largest absolute Gasteiger partial charge is 0.339 e. The van der Waals surface area contributed by atoms with Gasteiger partial charge in [-0.1, -0.05) is 5.16 Å². The van der Waals surface area contributed by atoms with Gasteiger partial charge >= 0.3 is 0 Å². The molecule has 2 heterocycles. The van der Waals surface area contributed by atoms with Crippen molar-refractivity contribution in [3.8, 4) is 0 Å². The van der Waals surface area contributed by atoms with Crippen LogP contribution in [-0.2, 0) is 12.8 Å². The van der Waals surface area contributed by atoms with Crippen molar-refractivity contribution in [1.82, 2.24) is 20.3 Å². The summed E-state index contributed by atoms with van der Waals surface area (Å²) in [6.07, 6.45) is 4.03. The smallest absolute Gasteiger partial charge is 0.227 e. The van der Waals surface area contributed by atoms with Crippen LogP contribution in [-0.4, -0.2) is 20.3 Å². The van der Waals surface area contributed by atoms with Crippen molar-refractivity contribution in [3.05, 3.63) is 28.7 Å². The molecule has 2 aromatic heterocycles. The minimum absolute atomic E-state index is 0.557. The van der Waals surface area contributed by atoms with Gasteiger partial charge in [0.15, 0.2) is 5.82 Å². The molecule has 5 nitrogen and oxygen atoms in total. The third-order valence-electron chi connectivity index (χ3n) is 3.36. The first kappa shape index (κ1) is 10.5. The summed E-state index contributed by atoms with van der Waals surface area (Å²) in [4.78, 5) is 4.41. The highest BCUT2D eigenvalue weighted by Gasteiger charge is 2.28. The zero-order chi connectivity index (χ0) is 11.8. The van der Waals surface area contributed by atoms with Crippen LogP contribution in [0, 0.1) is 13.8 Å². The molecule has 0 aliphatic heterocycles. The van der Waals surface area contributed by atoms with E-state index in [0.717, 1.165) is 35.9 Å². The number of nitrogens with zero attached hydrogens (tertiary/aromatic N) is 3. The minimum Gasteiger partial charge on any atom is -0.339 e. The molecule has 2 aromatic rings. The van der Waals surface area contributed by atoms with E-state index in [1.54, 1.807) is 0 Å². The summed E-state index contributed by atoms with van der Waals surface area (Å²) in [7, 11) is 0. The van der Waals surface area contributed by atoms with Gasteiger partial charge in [-0.3, -0.25) is 5.10 Å². The predicted molar refractivity (Wildman–Crippen MR) is 61.7 cm³/mol.